The molecular formula is C17H19F2N. The molecule has 0 atom stereocenters. The van der Waals surface area contributed by atoms with Gasteiger partial charge in [0, 0.05) is 24.1 Å². The van der Waals surface area contributed by atoms with Crippen LogP contribution < -0.4 is 5.32 Å². The third-order valence-electron chi connectivity index (χ3n) is 3.45. The van der Waals surface area contributed by atoms with Gasteiger partial charge in [-0.15, -0.1) is 0 Å². The van der Waals surface area contributed by atoms with Gasteiger partial charge in [-0.3, -0.25) is 0 Å². The van der Waals surface area contributed by atoms with E-state index in [2.05, 4.69) is 31.3 Å². The second kappa shape index (κ2) is 6.14. The first-order valence-electron chi connectivity index (χ1n) is 6.69. The van der Waals surface area contributed by atoms with Crippen molar-refractivity contribution in [2.75, 3.05) is 6.54 Å². The van der Waals surface area contributed by atoms with E-state index >= 15 is 0 Å². The van der Waals surface area contributed by atoms with Crippen LogP contribution in [0.25, 0.3) is 0 Å². The zero-order valence-corrected chi connectivity index (χ0v) is 11.8. The van der Waals surface area contributed by atoms with Crippen molar-refractivity contribution in [2.24, 2.45) is 0 Å². The highest BCUT2D eigenvalue weighted by Gasteiger charge is 2.19. The van der Waals surface area contributed by atoms with E-state index in [4.69, 9.17) is 0 Å². The van der Waals surface area contributed by atoms with Crippen LogP contribution in [-0.4, -0.2) is 6.54 Å². The minimum Gasteiger partial charge on any atom is -0.312 e. The van der Waals surface area contributed by atoms with Crippen LogP contribution in [0.15, 0.2) is 48.5 Å². The van der Waals surface area contributed by atoms with E-state index in [1.54, 1.807) is 0 Å². The largest absolute Gasteiger partial charge is 0.312 e. The lowest BCUT2D eigenvalue weighted by Gasteiger charge is -2.25. The summed E-state index contributed by atoms with van der Waals surface area (Å²) >= 11 is 0. The Balaban J connectivity index is 1.97. The molecular weight excluding hydrogens is 256 g/mol. The fourth-order valence-corrected chi connectivity index (χ4v) is 2.18. The lowest BCUT2D eigenvalue weighted by atomic mass is 9.84. The summed E-state index contributed by atoms with van der Waals surface area (Å²) in [5.74, 6) is -0.790. The zero-order valence-electron chi connectivity index (χ0n) is 11.8. The van der Waals surface area contributed by atoms with E-state index in [9.17, 15) is 8.78 Å². The van der Waals surface area contributed by atoms with Gasteiger partial charge in [0.1, 0.15) is 11.6 Å². The molecule has 0 spiro atoms. The SMILES string of the molecule is CC(C)(CNCc1cc(F)ccc1F)c1ccccc1. The van der Waals surface area contributed by atoms with Gasteiger partial charge in [0.25, 0.3) is 0 Å². The molecule has 0 bridgehead atoms. The van der Waals surface area contributed by atoms with E-state index in [0.29, 0.717) is 18.7 Å². The van der Waals surface area contributed by atoms with Crippen LogP contribution >= 0.6 is 0 Å². The molecule has 0 aliphatic heterocycles. The molecule has 2 aromatic rings. The minimum absolute atomic E-state index is 0.0644. The van der Waals surface area contributed by atoms with Crippen LogP contribution in [-0.2, 0) is 12.0 Å². The van der Waals surface area contributed by atoms with Gasteiger partial charge in [-0.05, 0) is 23.8 Å². The smallest absolute Gasteiger partial charge is 0.127 e. The Morgan fingerprint density at radius 2 is 1.70 bits per heavy atom. The summed E-state index contributed by atoms with van der Waals surface area (Å²) in [6, 6.07) is 13.7. The van der Waals surface area contributed by atoms with Gasteiger partial charge in [0.05, 0.1) is 0 Å². The Kier molecular flexibility index (Phi) is 4.50. The zero-order chi connectivity index (χ0) is 14.6. The van der Waals surface area contributed by atoms with Crippen molar-refractivity contribution in [1.82, 2.24) is 5.32 Å². The predicted octanol–water partition coefficient (Wildman–Crippen LogP) is 4.03. The first-order chi connectivity index (χ1) is 9.49. The molecule has 0 saturated heterocycles. The molecule has 2 rings (SSSR count). The normalized spacial score (nSPS) is 11.6. The highest BCUT2D eigenvalue weighted by atomic mass is 19.1. The fraction of sp³-hybridized carbons (Fsp3) is 0.294. The topological polar surface area (TPSA) is 12.0 Å². The van der Waals surface area contributed by atoms with Gasteiger partial charge in [-0.1, -0.05) is 44.2 Å². The molecule has 1 nitrogen and oxygen atoms in total. The average molecular weight is 275 g/mol. The molecule has 20 heavy (non-hydrogen) atoms. The highest BCUT2D eigenvalue weighted by Crippen LogP contribution is 2.22. The van der Waals surface area contributed by atoms with E-state index in [1.807, 2.05) is 18.2 Å². The van der Waals surface area contributed by atoms with Crippen LogP contribution in [0.1, 0.15) is 25.0 Å². The highest BCUT2D eigenvalue weighted by molar-refractivity contribution is 5.24. The molecule has 0 aliphatic rings. The van der Waals surface area contributed by atoms with E-state index < -0.39 is 5.82 Å². The Labute approximate surface area is 118 Å². The van der Waals surface area contributed by atoms with Crippen molar-refractivity contribution in [3.63, 3.8) is 0 Å². The first-order valence-corrected chi connectivity index (χ1v) is 6.69. The fourth-order valence-electron chi connectivity index (χ4n) is 2.18. The Bertz CT molecular complexity index is 564. The molecule has 1 N–H and O–H groups in total. The third kappa shape index (κ3) is 3.64. The molecule has 3 heteroatoms. The average Bonchev–Trinajstić information content (AvgIpc) is 2.43. The molecule has 0 heterocycles. The van der Waals surface area contributed by atoms with Crippen molar-refractivity contribution in [3.8, 4) is 0 Å². The minimum atomic E-state index is -0.412. The number of rotatable bonds is 5. The molecule has 106 valence electrons. The van der Waals surface area contributed by atoms with Gasteiger partial charge < -0.3 is 5.32 Å². The number of hydrogen-bond donors (Lipinski definition) is 1. The van der Waals surface area contributed by atoms with Gasteiger partial charge in [-0.25, -0.2) is 8.78 Å². The molecule has 0 aromatic heterocycles. The third-order valence-corrected chi connectivity index (χ3v) is 3.45. The number of nitrogens with one attached hydrogen (secondary N) is 1. The summed E-state index contributed by atoms with van der Waals surface area (Å²) in [5, 5.41) is 3.20. The molecule has 0 radical (unpaired) electrons. The Hall–Kier alpha value is -1.74. The lowest BCUT2D eigenvalue weighted by molar-refractivity contribution is 0.462. The number of hydrogen-bond acceptors (Lipinski definition) is 1. The number of benzene rings is 2. The number of halogens is 2. The van der Waals surface area contributed by atoms with Crippen LogP contribution in [0.5, 0.6) is 0 Å². The Morgan fingerprint density at radius 3 is 2.40 bits per heavy atom. The molecule has 0 aliphatic carbocycles. The van der Waals surface area contributed by atoms with Crippen molar-refractivity contribution in [1.29, 1.82) is 0 Å². The van der Waals surface area contributed by atoms with Crippen molar-refractivity contribution in [2.45, 2.75) is 25.8 Å². The van der Waals surface area contributed by atoms with Gasteiger partial charge >= 0.3 is 0 Å². The first kappa shape index (κ1) is 14.7. The van der Waals surface area contributed by atoms with Crippen LogP contribution in [0, 0.1) is 11.6 Å². The van der Waals surface area contributed by atoms with E-state index in [-0.39, 0.29) is 11.2 Å². The van der Waals surface area contributed by atoms with Crippen molar-refractivity contribution < 1.29 is 8.78 Å². The molecule has 2 aromatic carbocycles. The summed E-state index contributed by atoms with van der Waals surface area (Å²) in [7, 11) is 0. The van der Waals surface area contributed by atoms with Crippen LogP contribution in [0.2, 0.25) is 0 Å². The van der Waals surface area contributed by atoms with Gasteiger partial charge in [0.2, 0.25) is 0 Å². The molecule has 0 saturated carbocycles. The van der Waals surface area contributed by atoms with Crippen molar-refractivity contribution >= 4 is 0 Å². The lowest BCUT2D eigenvalue weighted by Crippen LogP contribution is -2.32. The summed E-state index contributed by atoms with van der Waals surface area (Å²) < 4.78 is 26.6. The van der Waals surface area contributed by atoms with Gasteiger partial charge in [0.15, 0.2) is 0 Å². The standard InChI is InChI=1S/C17H19F2N/c1-17(2,14-6-4-3-5-7-14)12-20-11-13-10-15(18)8-9-16(13)19/h3-10,20H,11-12H2,1-2H3. The predicted molar refractivity (Wildman–Crippen MR) is 77.5 cm³/mol. The monoisotopic (exact) mass is 275 g/mol. The van der Waals surface area contributed by atoms with E-state index in [0.717, 1.165) is 12.1 Å². The Morgan fingerprint density at radius 1 is 1.00 bits per heavy atom. The van der Waals surface area contributed by atoms with E-state index in [1.165, 1.54) is 11.6 Å². The second-order valence-corrected chi connectivity index (χ2v) is 5.59. The summed E-state index contributed by atoms with van der Waals surface area (Å²) in [6.45, 7) is 5.25. The quantitative estimate of drug-likeness (QED) is 0.868. The van der Waals surface area contributed by atoms with Gasteiger partial charge in [-0.2, -0.15) is 0 Å². The second-order valence-electron chi connectivity index (χ2n) is 5.59. The van der Waals surface area contributed by atoms with Crippen LogP contribution in [0.3, 0.4) is 0 Å². The molecule has 0 unspecified atom stereocenters. The van der Waals surface area contributed by atoms with Crippen LogP contribution in [0.4, 0.5) is 8.78 Å². The summed E-state index contributed by atoms with van der Waals surface area (Å²) in [5.41, 5.74) is 1.51. The molecule has 0 fully saturated rings. The maximum atomic E-state index is 13.5. The summed E-state index contributed by atoms with van der Waals surface area (Å²) in [6.07, 6.45) is 0. The maximum Gasteiger partial charge on any atom is 0.127 e. The maximum absolute atomic E-state index is 13.5. The van der Waals surface area contributed by atoms with Crippen molar-refractivity contribution in [3.05, 3.63) is 71.3 Å². The molecule has 0 amide bonds. The summed E-state index contributed by atoms with van der Waals surface area (Å²) in [4.78, 5) is 0.